The molecule has 0 fully saturated rings. The van der Waals surface area contributed by atoms with Crippen LogP contribution in [0.15, 0.2) is 12.1 Å². The van der Waals surface area contributed by atoms with E-state index in [1.165, 1.54) is 7.11 Å². The highest BCUT2D eigenvalue weighted by Gasteiger charge is 2.11. The maximum atomic E-state index is 11.4. The molecule has 0 atom stereocenters. The van der Waals surface area contributed by atoms with E-state index in [-0.39, 0.29) is 18.9 Å². The number of halogens is 2. The molecule has 0 spiro atoms. The molecule has 88 valence electrons. The fourth-order valence-corrected chi connectivity index (χ4v) is 1.78. The van der Waals surface area contributed by atoms with E-state index in [0.717, 1.165) is 0 Å². The first-order chi connectivity index (χ1) is 7.58. The van der Waals surface area contributed by atoms with Gasteiger partial charge in [-0.05, 0) is 12.1 Å². The number of hydrogen-bond donors (Lipinski definition) is 2. The van der Waals surface area contributed by atoms with Crippen LogP contribution >= 0.6 is 23.2 Å². The van der Waals surface area contributed by atoms with E-state index in [4.69, 9.17) is 33.7 Å². The number of nitrogens with two attached hydrogens (primary N) is 1. The number of anilines is 1. The summed E-state index contributed by atoms with van der Waals surface area (Å²) in [4.78, 5) is 11.4. The highest BCUT2D eigenvalue weighted by molar-refractivity contribution is 6.36. The zero-order chi connectivity index (χ0) is 12.1. The normalized spacial score (nSPS) is 10.0. The number of rotatable bonds is 4. The second-order valence-electron chi connectivity index (χ2n) is 3.06. The number of hydrogen-bond acceptors (Lipinski definition) is 3. The predicted octanol–water partition coefficient (Wildman–Crippen LogP) is 2.29. The zero-order valence-corrected chi connectivity index (χ0v) is 10.2. The molecule has 0 saturated carbocycles. The zero-order valence-electron chi connectivity index (χ0n) is 8.72. The molecule has 4 nitrogen and oxygen atoms in total. The van der Waals surface area contributed by atoms with E-state index in [0.29, 0.717) is 21.5 Å². The molecular weight excluding hydrogens is 251 g/mol. The lowest BCUT2D eigenvalue weighted by Crippen LogP contribution is -2.16. The second-order valence-corrected chi connectivity index (χ2v) is 3.90. The molecule has 0 saturated heterocycles. The molecule has 0 bridgehead atoms. The Balaban J connectivity index is 2.97. The first-order valence-corrected chi connectivity index (χ1v) is 5.37. The van der Waals surface area contributed by atoms with Crippen molar-refractivity contribution in [2.45, 2.75) is 6.42 Å². The van der Waals surface area contributed by atoms with Crippen LogP contribution in [-0.2, 0) is 4.79 Å². The summed E-state index contributed by atoms with van der Waals surface area (Å²) < 4.78 is 5.07. The van der Waals surface area contributed by atoms with Crippen LogP contribution in [0, 0.1) is 0 Å². The lowest BCUT2D eigenvalue weighted by Gasteiger charge is -2.11. The summed E-state index contributed by atoms with van der Waals surface area (Å²) >= 11 is 11.7. The highest BCUT2D eigenvalue weighted by Crippen LogP contribution is 2.35. The van der Waals surface area contributed by atoms with Crippen LogP contribution in [0.3, 0.4) is 0 Å². The van der Waals surface area contributed by atoms with Crippen LogP contribution in [-0.4, -0.2) is 19.6 Å². The summed E-state index contributed by atoms with van der Waals surface area (Å²) in [7, 11) is 1.47. The van der Waals surface area contributed by atoms with Gasteiger partial charge < -0.3 is 15.8 Å². The van der Waals surface area contributed by atoms with E-state index in [1.807, 2.05) is 0 Å². The van der Waals surface area contributed by atoms with E-state index in [1.54, 1.807) is 12.1 Å². The molecule has 16 heavy (non-hydrogen) atoms. The van der Waals surface area contributed by atoms with Crippen LogP contribution in [0.2, 0.25) is 10.0 Å². The Labute approximate surface area is 104 Å². The molecule has 0 aromatic heterocycles. The first-order valence-electron chi connectivity index (χ1n) is 4.61. The van der Waals surface area contributed by atoms with Crippen LogP contribution in [0.5, 0.6) is 5.75 Å². The van der Waals surface area contributed by atoms with Crippen molar-refractivity contribution >= 4 is 34.8 Å². The van der Waals surface area contributed by atoms with E-state index >= 15 is 0 Å². The van der Waals surface area contributed by atoms with Crippen molar-refractivity contribution in [2.75, 3.05) is 19.0 Å². The van der Waals surface area contributed by atoms with Gasteiger partial charge in [-0.2, -0.15) is 0 Å². The maximum Gasteiger partial charge on any atom is 0.225 e. The smallest absolute Gasteiger partial charge is 0.225 e. The summed E-state index contributed by atoms with van der Waals surface area (Å²) in [6.07, 6.45) is 0.229. The predicted molar refractivity (Wildman–Crippen MR) is 65.3 cm³/mol. The number of amides is 1. The van der Waals surface area contributed by atoms with Crippen molar-refractivity contribution < 1.29 is 9.53 Å². The van der Waals surface area contributed by atoms with Gasteiger partial charge in [0.2, 0.25) is 5.91 Å². The van der Waals surface area contributed by atoms with Gasteiger partial charge >= 0.3 is 0 Å². The fourth-order valence-electron chi connectivity index (χ4n) is 1.20. The van der Waals surface area contributed by atoms with Gasteiger partial charge in [0.15, 0.2) is 5.75 Å². The summed E-state index contributed by atoms with van der Waals surface area (Å²) in [6.45, 7) is 0.280. The number of methoxy groups -OCH3 is 1. The Hall–Kier alpha value is -0.970. The Bertz CT molecular complexity index is 397. The molecule has 3 N–H and O–H groups in total. The van der Waals surface area contributed by atoms with Gasteiger partial charge in [0.05, 0.1) is 17.8 Å². The fraction of sp³-hybridized carbons (Fsp3) is 0.300. The van der Waals surface area contributed by atoms with Crippen LogP contribution in [0.4, 0.5) is 5.69 Å². The number of ether oxygens (including phenoxy) is 1. The van der Waals surface area contributed by atoms with Gasteiger partial charge in [-0.15, -0.1) is 0 Å². The minimum Gasteiger partial charge on any atom is -0.493 e. The van der Waals surface area contributed by atoms with Gasteiger partial charge in [0.25, 0.3) is 0 Å². The van der Waals surface area contributed by atoms with Crippen molar-refractivity contribution in [3.8, 4) is 5.75 Å². The Morgan fingerprint density at radius 1 is 1.50 bits per heavy atom. The average molecular weight is 263 g/mol. The SMILES string of the molecule is COc1c(Cl)cc(Cl)cc1NC(=O)CCN. The van der Waals surface area contributed by atoms with E-state index < -0.39 is 0 Å². The Kier molecular flexibility index (Phi) is 4.86. The lowest BCUT2D eigenvalue weighted by atomic mass is 10.2. The molecule has 1 aromatic rings. The van der Waals surface area contributed by atoms with Crippen molar-refractivity contribution in [1.82, 2.24) is 0 Å². The third-order valence-corrected chi connectivity index (χ3v) is 2.36. The molecule has 6 heteroatoms. The number of carbonyl (C=O) groups excluding carboxylic acids is 1. The van der Waals surface area contributed by atoms with Crippen molar-refractivity contribution in [2.24, 2.45) is 5.73 Å². The van der Waals surface area contributed by atoms with Gasteiger partial charge in [-0.25, -0.2) is 0 Å². The quantitative estimate of drug-likeness (QED) is 0.875. The minimum absolute atomic E-state index is 0.209. The van der Waals surface area contributed by atoms with Crippen LogP contribution in [0.1, 0.15) is 6.42 Å². The summed E-state index contributed by atoms with van der Waals surface area (Å²) in [6, 6.07) is 3.11. The lowest BCUT2D eigenvalue weighted by molar-refractivity contribution is -0.116. The summed E-state index contributed by atoms with van der Waals surface area (Å²) in [5.41, 5.74) is 5.71. The Morgan fingerprint density at radius 2 is 2.19 bits per heavy atom. The molecular formula is C10H12Cl2N2O2. The number of benzene rings is 1. The molecule has 0 aliphatic rings. The minimum atomic E-state index is -0.209. The molecule has 1 amide bonds. The number of carbonyl (C=O) groups is 1. The van der Waals surface area contributed by atoms with E-state index in [2.05, 4.69) is 5.32 Å². The maximum absolute atomic E-state index is 11.4. The number of nitrogens with one attached hydrogen (secondary N) is 1. The molecule has 0 heterocycles. The third-order valence-electron chi connectivity index (χ3n) is 1.86. The monoisotopic (exact) mass is 262 g/mol. The van der Waals surface area contributed by atoms with Gasteiger partial charge in [-0.1, -0.05) is 23.2 Å². The van der Waals surface area contributed by atoms with Gasteiger partial charge in [0.1, 0.15) is 0 Å². The summed E-state index contributed by atoms with van der Waals surface area (Å²) in [5.74, 6) is 0.176. The molecule has 1 rings (SSSR count). The van der Waals surface area contributed by atoms with Crippen molar-refractivity contribution in [3.05, 3.63) is 22.2 Å². The van der Waals surface area contributed by atoms with E-state index in [9.17, 15) is 4.79 Å². The molecule has 0 radical (unpaired) electrons. The topological polar surface area (TPSA) is 64.3 Å². The molecule has 0 unspecified atom stereocenters. The van der Waals surface area contributed by atoms with Gasteiger partial charge in [-0.3, -0.25) is 4.79 Å². The van der Waals surface area contributed by atoms with Gasteiger partial charge in [0, 0.05) is 18.0 Å². The first kappa shape index (κ1) is 13.1. The highest BCUT2D eigenvalue weighted by atomic mass is 35.5. The average Bonchev–Trinajstić information content (AvgIpc) is 2.17. The molecule has 1 aromatic carbocycles. The Morgan fingerprint density at radius 3 is 2.75 bits per heavy atom. The largest absolute Gasteiger partial charge is 0.493 e. The third kappa shape index (κ3) is 3.27. The standard InChI is InChI=1S/C10H12Cl2N2O2/c1-16-10-7(12)4-6(11)5-8(10)14-9(15)2-3-13/h4-5H,2-3,13H2,1H3,(H,14,15). The van der Waals surface area contributed by atoms with Crippen LogP contribution < -0.4 is 15.8 Å². The molecule has 0 aliphatic heterocycles. The van der Waals surface area contributed by atoms with Crippen LogP contribution in [0.25, 0.3) is 0 Å². The second kappa shape index (κ2) is 5.94. The van der Waals surface area contributed by atoms with Crippen molar-refractivity contribution in [1.29, 1.82) is 0 Å². The summed E-state index contributed by atoms with van der Waals surface area (Å²) in [5, 5.41) is 3.40. The van der Waals surface area contributed by atoms with Crippen molar-refractivity contribution in [3.63, 3.8) is 0 Å². The molecule has 0 aliphatic carbocycles.